The molecular formula is C12H16ClN3O2S. The maximum Gasteiger partial charge on any atom is 0.314 e. The zero-order chi connectivity index (χ0) is 13.8. The molecule has 0 aromatic carbocycles. The van der Waals surface area contributed by atoms with Crippen molar-refractivity contribution in [1.82, 2.24) is 9.80 Å². The van der Waals surface area contributed by atoms with Crippen LogP contribution in [0.3, 0.4) is 0 Å². The van der Waals surface area contributed by atoms with Crippen LogP contribution in [0.5, 0.6) is 0 Å². The van der Waals surface area contributed by atoms with Gasteiger partial charge in [0.05, 0.1) is 10.8 Å². The normalized spacial score (nSPS) is 16.3. The monoisotopic (exact) mass is 301 g/mol. The number of nitrogens with two attached hydrogens (primary N) is 1. The lowest BCUT2D eigenvalue weighted by atomic mass is 10.3. The SMILES string of the molecule is NC(=O)N1CCCN(C(=O)Cc2ccc(Cl)s2)CC1. The van der Waals surface area contributed by atoms with E-state index in [1.807, 2.05) is 6.07 Å². The van der Waals surface area contributed by atoms with Gasteiger partial charge in [-0.3, -0.25) is 4.79 Å². The van der Waals surface area contributed by atoms with Crippen LogP contribution in [0.2, 0.25) is 4.34 Å². The molecule has 0 spiro atoms. The second kappa shape index (κ2) is 6.25. The van der Waals surface area contributed by atoms with Crippen LogP contribution in [0.15, 0.2) is 12.1 Å². The van der Waals surface area contributed by atoms with Crippen molar-refractivity contribution in [2.24, 2.45) is 5.73 Å². The number of hydrogen-bond acceptors (Lipinski definition) is 3. The van der Waals surface area contributed by atoms with E-state index in [1.165, 1.54) is 11.3 Å². The first-order valence-corrected chi connectivity index (χ1v) is 7.32. The quantitative estimate of drug-likeness (QED) is 0.901. The van der Waals surface area contributed by atoms with Crippen molar-refractivity contribution >= 4 is 34.9 Å². The molecular weight excluding hydrogens is 286 g/mol. The van der Waals surface area contributed by atoms with Gasteiger partial charge in [-0.1, -0.05) is 11.6 Å². The van der Waals surface area contributed by atoms with Crippen LogP contribution in [0.4, 0.5) is 4.79 Å². The molecule has 1 fully saturated rings. The molecule has 2 rings (SSSR count). The van der Waals surface area contributed by atoms with Crippen molar-refractivity contribution in [2.75, 3.05) is 26.2 Å². The lowest BCUT2D eigenvalue weighted by molar-refractivity contribution is -0.130. The fourth-order valence-corrected chi connectivity index (χ4v) is 3.17. The Balaban J connectivity index is 1.91. The molecule has 1 saturated heterocycles. The Bertz CT molecular complexity index is 477. The summed E-state index contributed by atoms with van der Waals surface area (Å²) in [7, 11) is 0. The minimum atomic E-state index is -0.417. The maximum atomic E-state index is 12.2. The number of thiophene rings is 1. The van der Waals surface area contributed by atoms with Crippen LogP contribution in [-0.2, 0) is 11.2 Å². The molecule has 104 valence electrons. The van der Waals surface area contributed by atoms with Crippen molar-refractivity contribution in [3.8, 4) is 0 Å². The second-order valence-corrected chi connectivity index (χ2v) is 6.24. The van der Waals surface area contributed by atoms with Crippen LogP contribution >= 0.6 is 22.9 Å². The Morgan fingerprint density at radius 1 is 1.21 bits per heavy atom. The Labute approximate surface area is 120 Å². The fourth-order valence-electron chi connectivity index (χ4n) is 2.09. The first-order valence-electron chi connectivity index (χ1n) is 6.12. The van der Waals surface area contributed by atoms with E-state index in [2.05, 4.69) is 0 Å². The maximum absolute atomic E-state index is 12.2. The molecule has 0 unspecified atom stereocenters. The van der Waals surface area contributed by atoms with Crippen molar-refractivity contribution < 1.29 is 9.59 Å². The molecule has 0 saturated carbocycles. The number of rotatable bonds is 2. The number of halogens is 1. The van der Waals surface area contributed by atoms with Crippen LogP contribution in [0, 0.1) is 0 Å². The van der Waals surface area contributed by atoms with Crippen molar-refractivity contribution in [3.63, 3.8) is 0 Å². The number of primary amides is 1. The van der Waals surface area contributed by atoms with E-state index in [9.17, 15) is 9.59 Å². The van der Waals surface area contributed by atoms with Gasteiger partial charge in [0.2, 0.25) is 5.91 Å². The zero-order valence-electron chi connectivity index (χ0n) is 10.5. The van der Waals surface area contributed by atoms with E-state index in [4.69, 9.17) is 17.3 Å². The average molecular weight is 302 g/mol. The first kappa shape index (κ1) is 14.1. The number of carbonyl (C=O) groups excluding carboxylic acids is 2. The van der Waals surface area contributed by atoms with E-state index in [0.29, 0.717) is 36.9 Å². The van der Waals surface area contributed by atoms with Gasteiger partial charge in [-0.2, -0.15) is 0 Å². The molecule has 0 aliphatic carbocycles. The zero-order valence-corrected chi connectivity index (χ0v) is 12.0. The molecule has 5 nitrogen and oxygen atoms in total. The van der Waals surface area contributed by atoms with Gasteiger partial charge in [0.15, 0.2) is 0 Å². The van der Waals surface area contributed by atoms with Crippen LogP contribution < -0.4 is 5.73 Å². The summed E-state index contributed by atoms with van der Waals surface area (Å²) in [4.78, 5) is 27.6. The largest absolute Gasteiger partial charge is 0.351 e. The Kier molecular flexibility index (Phi) is 4.66. The molecule has 0 atom stereocenters. The van der Waals surface area contributed by atoms with E-state index < -0.39 is 6.03 Å². The highest BCUT2D eigenvalue weighted by molar-refractivity contribution is 7.16. The summed E-state index contributed by atoms with van der Waals surface area (Å²) in [5, 5.41) is 0. The molecule has 1 aliphatic rings. The first-order chi connectivity index (χ1) is 9.06. The standard InChI is InChI=1S/C12H16ClN3O2S/c13-10-3-2-9(19-10)8-11(17)15-4-1-5-16(7-6-15)12(14)18/h2-3H,1,4-8H2,(H2,14,18). The van der Waals surface area contributed by atoms with Gasteiger partial charge in [-0.05, 0) is 18.6 Å². The van der Waals surface area contributed by atoms with E-state index in [-0.39, 0.29) is 5.91 Å². The van der Waals surface area contributed by atoms with Gasteiger partial charge in [-0.15, -0.1) is 11.3 Å². The molecule has 7 heteroatoms. The molecule has 0 radical (unpaired) electrons. The molecule has 0 bridgehead atoms. The number of nitrogens with zero attached hydrogens (tertiary/aromatic N) is 2. The van der Waals surface area contributed by atoms with Gasteiger partial charge in [0.25, 0.3) is 0 Å². The van der Waals surface area contributed by atoms with Crippen molar-refractivity contribution in [1.29, 1.82) is 0 Å². The summed E-state index contributed by atoms with van der Waals surface area (Å²) in [6, 6.07) is 3.25. The summed E-state index contributed by atoms with van der Waals surface area (Å²) < 4.78 is 0.693. The molecule has 1 aromatic rings. The number of carbonyl (C=O) groups is 2. The predicted octanol–water partition coefficient (Wildman–Crippen LogP) is 1.56. The fraction of sp³-hybridized carbons (Fsp3) is 0.500. The number of hydrogen-bond donors (Lipinski definition) is 1. The van der Waals surface area contributed by atoms with Crippen molar-refractivity contribution in [3.05, 3.63) is 21.3 Å². The average Bonchev–Trinajstić information content (AvgIpc) is 2.65. The topological polar surface area (TPSA) is 66.6 Å². The number of amides is 3. The minimum absolute atomic E-state index is 0.0739. The van der Waals surface area contributed by atoms with E-state index in [0.717, 1.165) is 11.3 Å². The number of urea groups is 1. The summed E-state index contributed by atoms with van der Waals surface area (Å²) >= 11 is 7.27. The molecule has 2 N–H and O–H groups in total. The molecule has 19 heavy (non-hydrogen) atoms. The molecule has 1 aliphatic heterocycles. The van der Waals surface area contributed by atoms with Gasteiger partial charge in [0, 0.05) is 31.1 Å². The van der Waals surface area contributed by atoms with E-state index in [1.54, 1.807) is 15.9 Å². The Morgan fingerprint density at radius 3 is 2.53 bits per heavy atom. The van der Waals surface area contributed by atoms with Gasteiger partial charge in [0.1, 0.15) is 0 Å². The highest BCUT2D eigenvalue weighted by Gasteiger charge is 2.21. The molecule has 1 aromatic heterocycles. The third-order valence-corrected chi connectivity index (χ3v) is 4.35. The Hall–Kier alpha value is -1.27. The van der Waals surface area contributed by atoms with Gasteiger partial charge in [-0.25, -0.2) is 4.79 Å². The third-order valence-electron chi connectivity index (χ3n) is 3.11. The van der Waals surface area contributed by atoms with Gasteiger partial charge < -0.3 is 15.5 Å². The summed E-state index contributed by atoms with van der Waals surface area (Å²) in [5.74, 6) is 0.0739. The predicted molar refractivity (Wildman–Crippen MR) is 75.4 cm³/mol. The summed E-state index contributed by atoms with van der Waals surface area (Å²) in [5.41, 5.74) is 5.26. The third kappa shape index (κ3) is 3.84. The van der Waals surface area contributed by atoms with Crippen LogP contribution in [0.25, 0.3) is 0 Å². The van der Waals surface area contributed by atoms with Crippen molar-refractivity contribution in [2.45, 2.75) is 12.8 Å². The lowest BCUT2D eigenvalue weighted by Gasteiger charge is -2.20. The smallest absolute Gasteiger partial charge is 0.314 e. The lowest BCUT2D eigenvalue weighted by Crippen LogP contribution is -2.40. The van der Waals surface area contributed by atoms with Crippen LogP contribution in [0.1, 0.15) is 11.3 Å². The van der Waals surface area contributed by atoms with Gasteiger partial charge >= 0.3 is 6.03 Å². The van der Waals surface area contributed by atoms with Crippen LogP contribution in [-0.4, -0.2) is 47.9 Å². The Morgan fingerprint density at radius 2 is 1.89 bits per heavy atom. The highest BCUT2D eigenvalue weighted by atomic mass is 35.5. The summed E-state index contributed by atoms with van der Waals surface area (Å²) in [6.45, 7) is 2.33. The highest BCUT2D eigenvalue weighted by Crippen LogP contribution is 2.22. The molecule has 3 amide bonds. The van der Waals surface area contributed by atoms with E-state index >= 15 is 0 Å². The summed E-state index contributed by atoms with van der Waals surface area (Å²) in [6.07, 6.45) is 1.13. The molecule has 2 heterocycles. The minimum Gasteiger partial charge on any atom is -0.351 e. The second-order valence-electron chi connectivity index (χ2n) is 4.44.